The smallest absolute Gasteiger partial charge is 0.0302 e. The molecular weight excluding hydrogens is 318 g/mol. The van der Waals surface area contributed by atoms with E-state index in [0.717, 1.165) is 12.5 Å². The van der Waals surface area contributed by atoms with Crippen LogP contribution in [0.15, 0.2) is 40.9 Å². The molecule has 1 heterocycles. The third kappa shape index (κ3) is 3.28. The third-order valence-corrected chi connectivity index (χ3v) is 5.37. The van der Waals surface area contributed by atoms with Gasteiger partial charge in [-0.25, -0.2) is 0 Å². The van der Waals surface area contributed by atoms with Crippen molar-refractivity contribution >= 4 is 27.3 Å². The van der Waals surface area contributed by atoms with Crippen LogP contribution in [0.2, 0.25) is 0 Å². The summed E-state index contributed by atoms with van der Waals surface area (Å²) < 4.78 is 1.17. The summed E-state index contributed by atoms with van der Waals surface area (Å²) in [6, 6.07) is 13.9. The maximum atomic E-state index is 3.66. The van der Waals surface area contributed by atoms with Gasteiger partial charge in [-0.1, -0.05) is 28.1 Å². The molecule has 1 fully saturated rings. The fraction of sp³-hybridized carbons (Fsp3) is 0.375. The van der Waals surface area contributed by atoms with Gasteiger partial charge in [0.25, 0.3) is 0 Å². The molecule has 19 heavy (non-hydrogen) atoms. The van der Waals surface area contributed by atoms with Gasteiger partial charge in [-0.05, 0) is 55.5 Å². The normalized spacial score (nSPS) is 22.2. The number of benzene rings is 1. The van der Waals surface area contributed by atoms with Crippen molar-refractivity contribution in [2.45, 2.75) is 38.3 Å². The number of halogens is 1. The van der Waals surface area contributed by atoms with Gasteiger partial charge >= 0.3 is 0 Å². The zero-order valence-corrected chi connectivity index (χ0v) is 13.4. The summed E-state index contributed by atoms with van der Waals surface area (Å²) in [5, 5.41) is 3.66. The van der Waals surface area contributed by atoms with Crippen LogP contribution in [0.3, 0.4) is 0 Å². The highest BCUT2D eigenvalue weighted by Crippen LogP contribution is 2.37. The molecule has 0 spiro atoms. The Morgan fingerprint density at radius 1 is 1.16 bits per heavy atom. The van der Waals surface area contributed by atoms with Crippen molar-refractivity contribution in [1.82, 2.24) is 5.32 Å². The average Bonchev–Trinajstić information content (AvgIpc) is 2.75. The molecule has 1 aliphatic rings. The Labute approximate surface area is 127 Å². The van der Waals surface area contributed by atoms with Crippen LogP contribution in [0.1, 0.15) is 34.1 Å². The molecule has 1 nitrogen and oxygen atoms in total. The van der Waals surface area contributed by atoms with Crippen molar-refractivity contribution in [3.8, 4) is 0 Å². The second-order valence-corrected chi connectivity index (χ2v) is 7.60. The average molecular weight is 336 g/mol. The molecule has 1 aromatic carbocycles. The largest absolute Gasteiger partial charge is 0.309 e. The Balaban J connectivity index is 1.46. The molecule has 2 aromatic rings. The summed E-state index contributed by atoms with van der Waals surface area (Å²) in [5.41, 5.74) is 1.48. The monoisotopic (exact) mass is 335 g/mol. The quantitative estimate of drug-likeness (QED) is 0.841. The number of hydrogen-bond donors (Lipinski definition) is 1. The van der Waals surface area contributed by atoms with Crippen molar-refractivity contribution in [1.29, 1.82) is 0 Å². The van der Waals surface area contributed by atoms with E-state index in [2.05, 4.69) is 64.6 Å². The molecule has 0 unspecified atom stereocenters. The van der Waals surface area contributed by atoms with E-state index in [1.807, 2.05) is 11.3 Å². The van der Waals surface area contributed by atoms with E-state index in [9.17, 15) is 0 Å². The molecule has 0 bridgehead atoms. The lowest BCUT2D eigenvalue weighted by molar-refractivity contribution is 0.290. The van der Waals surface area contributed by atoms with Crippen LogP contribution >= 0.6 is 27.3 Å². The van der Waals surface area contributed by atoms with E-state index in [-0.39, 0.29) is 0 Å². The van der Waals surface area contributed by atoms with E-state index in [0.29, 0.717) is 6.04 Å². The zero-order valence-electron chi connectivity index (χ0n) is 11.0. The Morgan fingerprint density at radius 2 is 1.89 bits per heavy atom. The first-order valence-electron chi connectivity index (χ1n) is 6.75. The van der Waals surface area contributed by atoms with E-state index in [1.54, 1.807) is 0 Å². The van der Waals surface area contributed by atoms with Crippen molar-refractivity contribution in [2.24, 2.45) is 0 Å². The number of hydrogen-bond acceptors (Lipinski definition) is 2. The standard InChI is InChI=1S/C16H18BrNS/c1-11-2-7-16(19-11)10-18-15-8-13(9-15)12-3-5-14(17)6-4-12/h2-7,13,15,18H,8-10H2,1H3. The van der Waals surface area contributed by atoms with Gasteiger partial charge in [0, 0.05) is 26.8 Å². The van der Waals surface area contributed by atoms with Crippen molar-refractivity contribution < 1.29 is 0 Å². The first kappa shape index (κ1) is 13.3. The summed E-state index contributed by atoms with van der Waals surface area (Å²) in [7, 11) is 0. The van der Waals surface area contributed by atoms with Crippen molar-refractivity contribution in [3.63, 3.8) is 0 Å². The Hall–Kier alpha value is -0.640. The second kappa shape index (κ2) is 5.78. The maximum absolute atomic E-state index is 3.66. The van der Waals surface area contributed by atoms with Gasteiger partial charge in [-0.2, -0.15) is 0 Å². The van der Waals surface area contributed by atoms with E-state index in [4.69, 9.17) is 0 Å². The molecule has 1 aliphatic carbocycles. The van der Waals surface area contributed by atoms with E-state index >= 15 is 0 Å². The molecule has 1 aromatic heterocycles. The van der Waals surface area contributed by atoms with Gasteiger partial charge in [0.2, 0.25) is 0 Å². The molecular formula is C16H18BrNS. The Kier molecular flexibility index (Phi) is 4.06. The van der Waals surface area contributed by atoms with Crippen LogP contribution in [0.5, 0.6) is 0 Å². The predicted octanol–water partition coefficient (Wildman–Crippen LogP) is 4.85. The lowest BCUT2D eigenvalue weighted by Crippen LogP contribution is -2.39. The molecule has 1 saturated carbocycles. The summed E-state index contributed by atoms with van der Waals surface area (Å²) >= 11 is 5.38. The molecule has 100 valence electrons. The highest BCUT2D eigenvalue weighted by atomic mass is 79.9. The van der Waals surface area contributed by atoms with Gasteiger partial charge in [0.1, 0.15) is 0 Å². The number of aryl methyl sites for hydroxylation is 1. The van der Waals surface area contributed by atoms with Crippen LogP contribution in [0, 0.1) is 6.92 Å². The van der Waals surface area contributed by atoms with Crippen LogP contribution in [-0.4, -0.2) is 6.04 Å². The molecule has 1 N–H and O–H groups in total. The first-order valence-corrected chi connectivity index (χ1v) is 8.36. The van der Waals surface area contributed by atoms with Crippen LogP contribution in [0.25, 0.3) is 0 Å². The van der Waals surface area contributed by atoms with Gasteiger partial charge in [-0.15, -0.1) is 11.3 Å². The van der Waals surface area contributed by atoms with Crippen LogP contribution in [0.4, 0.5) is 0 Å². The molecule has 0 aliphatic heterocycles. The lowest BCUT2D eigenvalue weighted by atomic mass is 9.76. The summed E-state index contributed by atoms with van der Waals surface area (Å²) in [4.78, 5) is 2.85. The summed E-state index contributed by atoms with van der Waals surface area (Å²) in [5.74, 6) is 0.746. The minimum Gasteiger partial charge on any atom is -0.309 e. The maximum Gasteiger partial charge on any atom is 0.0302 e. The number of thiophene rings is 1. The van der Waals surface area contributed by atoms with E-state index in [1.165, 1.54) is 32.6 Å². The molecule has 0 radical (unpaired) electrons. The summed E-state index contributed by atoms with van der Waals surface area (Å²) in [6.45, 7) is 3.19. The van der Waals surface area contributed by atoms with Crippen LogP contribution in [-0.2, 0) is 6.54 Å². The Morgan fingerprint density at radius 3 is 2.53 bits per heavy atom. The minimum atomic E-state index is 0.691. The van der Waals surface area contributed by atoms with Gasteiger partial charge in [0.15, 0.2) is 0 Å². The van der Waals surface area contributed by atoms with Gasteiger partial charge in [0.05, 0.1) is 0 Å². The van der Waals surface area contributed by atoms with Crippen molar-refractivity contribution in [3.05, 3.63) is 56.2 Å². The molecule has 0 atom stereocenters. The first-order chi connectivity index (χ1) is 9.20. The Bertz CT molecular complexity index is 540. The molecule has 0 saturated heterocycles. The lowest BCUT2D eigenvalue weighted by Gasteiger charge is -2.36. The van der Waals surface area contributed by atoms with Gasteiger partial charge in [-0.3, -0.25) is 0 Å². The highest BCUT2D eigenvalue weighted by Gasteiger charge is 2.29. The molecule has 3 rings (SSSR count). The molecule has 3 heteroatoms. The number of rotatable bonds is 4. The predicted molar refractivity (Wildman–Crippen MR) is 85.8 cm³/mol. The highest BCUT2D eigenvalue weighted by molar-refractivity contribution is 9.10. The zero-order chi connectivity index (χ0) is 13.2. The summed E-state index contributed by atoms with van der Waals surface area (Å²) in [6.07, 6.45) is 2.54. The fourth-order valence-corrected chi connectivity index (χ4v) is 3.72. The second-order valence-electron chi connectivity index (χ2n) is 5.31. The van der Waals surface area contributed by atoms with E-state index < -0.39 is 0 Å². The van der Waals surface area contributed by atoms with Crippen molar-refractivity contribution in [2.75, 3.05) is 0 Å². The fourth-order valence-electron chi connectivity index (χ4n) is 2.62. The van der Waals surface area contributed by atoms with Gasteiger partial charge < -0.3 is 5.32 Å². The third-order valence-electron chi connectivity index (χ3n) is 3.84. The SMILES string of the molecule is Cc1ccc(CNC2CC(c3ccc(Br)cc3)C2)s1. The minimum absolute atomic E-state index is 0.691. The topological polar surface area (TPSA) is 12.0 Å². The molecule has 0 amide bonds. The number of nitrogens with one attached hydrogen (secondary N) is 1. The van der Waals surface area contributed by atoms with Crippen LogP contribution < -0.4 is 5.32 Å².